The molecule has 1 aromatic rings. The van der Waals surface area contributed by atoms with Crippen LogP contribution in [0.4, 0.5) is 0 Å². The summed E-state index contributed by atoms with van der Waals surface area (Å²) in [6.45, 7) is 13.2. The van der Waals surface area contributed by atoms with Gasteiger partial charge in [-0.15, -0.1) is 0 Å². The molecule has 2 aliphatic heterocycles. The lowest BCUT2D eigenvalue weighted by Gasteiger charge is -2.35. The molecule has 0 bridgehead atoms. The first kappa shape index (κ1) is 23.5. The van der Waals surface area contributed by atoms with Gasteiger partial charge in [0.1, 0.15) is 0 Å². The quantitative estimate of drug-likeness (QED) is 0.358. The number of aliphatic imine (C=N–C) groups is 1. The van der Waals surface area contributed by atoms with Crippen molar-refractivity contribution in [2.75, 3.05) is 39.3 Å². The number of ether oxygens (including phenoxy) is 1. The predicted octanol–water partition coefficient (Wildman–Crippen LogP) is 2.36. The molecule has 2 saturated heterocycles. The largest absolute Gasteiger partial charge is 0.373 e. The molecule has 2 aliphatic rings. The number of hydrogen-bond acceptors (Lipinski definition) is 4. The summed E-state index contributed by atoms with van der Waals surface area (Å²) in [6.07, 6.45) is 3.18. The second kappa shape index (κ2) is 12.1. The number of morpholine rings is 1. The number of nitrogens with zero attached hydrogens (tertiary/aromatic N) is 3. The van der Waals surface area contributed by atoms with E-state index in [4.69, 9.17) is 9.73 Å². The zero-order valence-electron chi connectivity index (χ0n) is 19.4. The molecule has 1 aromatic carbocycles. The van der Waals surface area contributed by atoms with Crippen LogP contribution in [0.2, 0.25) is 0 Å². The fourth-order valence-corrected chi connectivity index (χ4v) is 4.44. The molecule has 172 valence electrons. The molecular weight excluding hydrogens is 390 g/mol. The smallest absolute Gasteiger partial charge is 0.222 e. The van der Waals surface area contributed by atoms with E-state index in [1.807, 2.05) is 4.90 Å². The van der Waals surface area contributed by atoms with Gasteiger partial charge in [-0.2, -0.15) is 0 Å². The highest BCUT2D eigenvalue weighted by molar-refractivity contribution is 5.80. The van der Waals surface area contributed by atoms with Gasteiger partial charge in [0.15, 0.2) is 5.96 Å². The average molecular weight is 430 g/mol. The van der Waals surface area contributed by atoms with Gasteiger partial charge in [0.25, 0.3) is 0 Å². The van der Waals surface area contributed by atoms with Crippen LogP contribution in [0.15, 0.2) is 29.3 Å². The van der Waals surface area contributed by atoms with Crippen LogP contribution in [0.3, 0.4) is 0 Å². The first-order valence-corrected chi connectivity index (χ1v) is 11.8. The Labute approximate surface area is 187 Å². The van der Waals surface area contributed by atoms with E-state index in [-0.39, 0.29) is 12.2 Å². The van der Waals surface area contributed by atoms with Gasteiger partial charge in [-0.25, -0.2) is 4.99 Å². The number of rotatable bonds is 9. The van der Waals surface area contributed by atoms with Crippen LogP contribution >= 0.6 is 0 Å². The summed E-state index contributed by atoms with van der Waals surface area (Å²) in [6, 6.07) is 8.59. The predicted molar refractivity (Wildman–Crippen MR) is 125 cm³/mol. The summed E-state index contributed by atoms with van der Waals surface area (Å²) >= 11 is 0. The molecule has 2 fully saturated rings. The minimum atomic E-state index is 0.273. The van der Waals surface area contributed by atoms with Gasteiger partial charge in [0, 0.05) is 52.2 Å². The summed E-state index contributed by atoms with van der Waals surface area (Å²) in [5.74, 6) is 1.12. The van der Waals surface area contributed by atoms with Gasteiger partial charge in [-0.3, -0.25) is 9.69 Å². The summed E-state index contributed by atoms with van der Waals surface area (Å²) in [5, 5.41) is 6.75. The second-order valence-electron chi connectivity index (χ2n) is 8.68. The molecule has 0 radical (unpaired) electrons. The van der Waals surface area contributed by atoms with Crippen molar-refractivity contribution in [3.63, 3.8) is 0 Å². The van der Waals surface area contributed by atoms with Gasteiger partial charge < -0.3 is 20.3 Å². The molecule has 1 amide bonds. The first-order chi connectivity index (χ1) is 15.0. The van der Waals surface area contributed by atoms with Crippen LogP contribution in [0.25, 0.3) is 0 Å². The summed E-state index contributed by atoms with van der Waals surface area (Å²) < 4.78 is 5.87. The zero-order chi connectivity index (χ0) is 22.1. The molecule has 2 N–H and O–H groups in total. The van der Waals surface area contributed by atoms with Gasteiger partial charge in [0.05, 0.1) is 18.8 Å². The fourth-order valence-electron chi connectivity index (χ4n) is 4.44. The Kier molecular flexibility index (Phi) is 9.15. The van der Waals surface area contributed by atoms with Crippen molar-refractivity contribution in [2.45, 2.75) is 65.3 Å². The van der Waals surface area contributed by atoms with Crippen molar-refractivity contribution in [3.05, 3.63) is 35.4 Å². The lowest BCUT2D eigenvalue weighted by atomic mass is 10.1. The number of likely N-dealkylation sites (tertiary alicyclic amines) is 1. The summed E-state index contributed by atoms with van der Waals surface area (Å²) in [5.41, 5.74) is 2.59. The lowest BCUT2D eigenvalue weighted by Crippen LogP contribution is -2.44. The number of carbonyl (C=O) groups is 1. The molecule has 0 spiro atoms. The van der Waals surface area contributed by atoms with Crippen LogP contribution in [-0.4, -0.2) is 73.1 Å². The van der Waals surface area contributed by atoms with E-state index in [0.717, 1.165) is 64.6 Å². The highest BCUT2D eigenvalue weighted by Gasteiger charge is 2.22. The van der Waals surface area contributed by atoms with E-state index in [0.29, 0.717) is 18.9 Å². The maximum Gasteiger partial charge on any atom is 0.222 e. The Bertz CT molecular complexity index is 728. The van der Waals surface area contributed by atoms with Crippen molar-refractivity contribution < 1.29 is 9.53 Å². The Morgan fingerprint density at radius 3 is 2.58 bits per heavy atom. The topological polar surface area (TPSA) is 69.2 Å². The maximum absolute atomic E-state index is 11.7. The number of amides is 1. The molecule has 7 nitrogen and oxygen atoms in total. The standard InChI is InChI=1S/C24H39N5O2/c1-4-25-24(26-12-8-14-29-13-7-11-23(29)30)27-15-21-9-5-6-10-22(21)18-28-16-19(2)31-20(3)17-28/h5-6,9-10,19-20H,4,7-8,11-18H2,1-3H3,(H2,25,26,27). The lowest BCUT2D eigenvalue weighted by molar-refractivity contribution is -0.127. The zero-order valence-corrected chi connectivity index (χ0v) is 19.4. The van der Waals surface area contributed by atoms with Crippen molar-refractivity contribution in [3.8, 4) is 0 Å². The molecule has 7 heteroatoms. The Morgan fingerprint density at radius 1 is 1.16 bits per heavy atom. The Balaban J connectivity index is 1.53. The molecule has 3 rings (SSSR count). The van der Waals surface area contributed by atoms with Crippen LogP contribution in [-0.2, 0) is 22.6 Å². The molecule has 0 aliphatic carbocycles. The number of benzene rings is 1. The molecular formula is C24H39N5O2. The SMILES string of the molecule is CCNC(=NCc1ccccc1CN1CC(C)OC(C)C1)NCCCN1CCCC1=O. The van der Waals surface area contributed by atoms with E-state index < -0.39 is 0 Å². The van der Waals surface area contributed by atoms with Crippen LogP contribution in [0, 0.1) is 0 Å². The van der Waals surface area contributed by atoms with Gasteiger partial charge >= 0.3 is 0 Å². The number of carbonyl (C=O) groups excluding carboxylic acids is 1. The third-order valence-corrected chi connectivity index (χ3v) is 5.83. The minimum Gasteiger partial charge on any atom is -0.373 e. The third kappa shape index (κ3) is 7.51. The van der Waals surface area contributed by atoms with Crippen LogP contribution in [0.1, 0.15) is 51.2 Å². The summed E-state index contributed by atoms with van der Waals surface area (Å²) in [4.78, 5) is 21.0. The molecule has 0 saturated carbocycles. The minimum absolute atomic E-state index is 0.273. The van der Waals surface area contributed by atoms with Gasteiger partial charge in [0.2, 0.25) is 5.91 Å². The molecule has 31 heavy (non-hydrogen) atoms. The van der Waals surface area contributed by atoms with Crippen molar-refractivity contribution in [1.82, 2.24) is 20.4 Å². The maximum atomic E-state index is 11.7. The van der Waals surface area contributed by atoms with Crippen molar-refractivity contribution in [1.29, 1.82) is 0 Å². The number of hydrogen-bond donors (Lipinski definition) is 2. The normalized spacial score (nSPS) is 22.7. The van der Waals surface area contributed by atoms with E-state index >= 15 is 0 Å². The van der Waals surface area contributed by atoms with E-state index in [1.165, 1.54) is 11.1 Å². The monoisotopic (exact) mass is 429 g/mol. The molecule has 2 atom stereocenters. The first-order valence-electron chi connectivity index (χ1n) is 11.8. The van der Waals surface area contributed by atoms with E-state index in [9.17, 15) is 4.79 Å². The van der Waals surface area contributed by atoms with Crippen molar-refractivity contribution in [2.24, 2.45) is 4.99 Å². The van der Waals surface area contributed by atoms with E-state index in [1.54, 1.807) is 0 Å². The van der Waals surface area contributed by atoms with Gasteiger partial charge in [-0.05, 0) is 44.7 Å². The van der Waals surface area contributed by atoms with Crippen molar-refractivity contribution >= 4 is 11.9 Å². The Hall–Kier alpha value is -2.12. The third-order valence-electron chi connectivity index (χ3n) is 5.83. The van der Waals surface area contributed by atoms with Gasteiger partial charge in [-0.1, -0.05) is 24.3 Å². The highest BCUT2D eigenvalue weighted by Crippen LogP contribution is 2.17. The number of nitrogens with one attached hydrogen (secondary N) is 2. The Morgan fingerprint density at radius 2 is 1.90 bits per heavy atom. The van der Waals surface area contributed by atoms with Crippen LogP contribution < -0.4 is 10.6 Å². The highest BCUT2D eigenvalue weighted by atomic mass is 16.5. The number of guanidine groups is 1. The van der Waals surface area contributed by atoms with Crippen LogP contribution in [0.5, 0.6) is 0 Å². The molecule has 0 aromatic heterocycles. The molecule has 2 unspecified atom stereocenters. The average Bonchev–Trinajstić information content (AvgIpc) is 3.14. The second-order valence-corrected chi connectivity index (χ2v) is 8.68. The molecule has 2 heterocycles. The summed E-state index contributed by atoms with van der Waals surface area (Å²) in [7, 11) is 0. The van der Waals surface area contributed by atoms with E-state index in [2.05, 4.69) is 60.6 Å². The fraction of sp³-hybridized carbons (Fsp3) is 0.667.